The number of likely N-dealkylation sites (tertiary alicyclic amines) is 1. The third kappa shape index (κ3) is 15.4. The fourth-order valence-electron chi connectivity index (χ4n) is 11.7. The van der Waals surface area contributed by atoms with Crippen LogP contribution in [0.2, 0.25) is 5.02 Å². The van der Waals surface area contributed by atoms with Crippen molar-refractivity contribution in [3.63, 3.8) is 0 Å². The number of carbonyl (C=O) groups excluding carboxylic acids is 10. The largest absolute Gasteiger partial charge is 0.495 e. The Bertz CT molecular complexity index is 2920. The number of aldehydes is 2. The number of halogens is 1. The quantitative estimate of drug-likeness (QED) is 0.0752. The summed E-state index contributed by atoms with van der Waals surface area (Å²) in [7, 11) is 5.83. The molecule has 0 aromatic heterocycles. The highest BCUT2D eigenvalue weighted by molar-refractivity contribution is 8.00. The zero-order chi connectivity index (χ0) is 61.3. The van der Waals surface area contributed by atoms with Crippen LogP contribution in [0.3, 0.4) is 0 Å². The highest BCUT2D eigenvalue weighted by Gasteiger charge is 2.63. The van der Waals surface area contributed by atoms with E-state index in [4.69, 9.17) is 35.3 Å². The summed E-state index contributed by atoms with van der Waals surface area (Å²) < 4.78 is 29.7. The maximum absolute atomic E-state index is 14.4. The van der Waals surface area contributed by atoms with E-state index >= 15 is 0 Å². The average molecular weight is 1210 g/mol. The number of aryl methyl sites for hydroxylation is 1. The zero-order valence-corrected chi connectivity index (χ0v) is 50.4. The van der Waals surface area contributed by atoms with Crippen molar-refractivity contribution in [2.45, 2.75) is 151 Å². The van der Waals surface area contributed by atoms with Gasteiger partial charge in [-0.25, -0.2) is 9.59 Å². The van der Waals surface area contributed by atoms with Gasteiger partial charge in [0, 0.05) is 95.7 Å². The van der Waals surface area contributed by atoms with E-state index < -0.39 is 88.6 Å². The number of amides is 7. The van der Waals surface area contributed by atoms with Crippen LogP contribution in [-0.4, -0.2) is 175 Å². The van der Waals surface area contributed by atoms with Crippen molar-refractivity contribution in [3.05, 3.63) is 81.4 Å². The maximum Gasteiger partial charge on any atom is 0.409 e. The molecule has 22 nitrogen and oxygen atoms in total. The molecule has 24 heteroatoms. The van der Waals surface area contributed by atoms with Gasteiger partial charge in [-0.1, -0.05) is 47.5 Å². The third-order valence-corrected chi connectivity index (χ3v) is 18.4. The Labute approximate surface area is 498 Å². The maximum atomic E-state index is 14.4. The third-order valence-electron chi connectivity index (χ3n) is 16.8. The topological polar surface area (TPSA) is 283 Å². The highest BCUT2D eigenvalue weighted by atomic mass is 35.5. The first kappa shape index (κ1) is 64.9. The van der Waals surface area contributed by atoms with Crippen LogP contribution in [0.5, 0.6) is 5.75 Å². The summed E-state index contributed by atoms with van der Waals surface area (Å²) >= 11 is 7.97. The summed E-state index contributed by atoms with van der Waals surface area (Å²) in [6.07, 6.45) is 5.25. The summed E-state index contributed by atoms with van der Waals surface area (Å²) in [5, 5.41) is 19.6. The number of nitrogens with one attached hydrogen (secondary N) is 3. The first-order valence-corrected chi connectivity index (χ1v) is 29.7. The Balaban J connectivity index is 0.895. The molecule has 4 N–H and O–H groups in total. The Kier molecular flexibility index (Phi) is 21.7. The lowest BCUT2D eigenvalue weighted by atomic mass is 9.72. The van der Waals surface area contributed by atoms with Crippen LogP contribution in [0.1, 0.15) is 124 Å². The highest BCUT2D eigenvalue weighted by Crippen LogP contribution is 2.51. The van der Waals surface area contributed by atoms with Gasteiger partial charge in [-0.05, 0) is 101 Å². The molecule has 0 radical (unpaired) electrons. The van der Waals surface area contributed by atoms with Gasteiger partial charge in [0.25, 0.3) is 0 Å². The number of ether oxygens (including phenoxy) is 5. The molecule has 2 aromatic rings. The summed E-state index contributed by atoms with van der Waals surface area (Å²) in [5.41, 5.74) is -1.20. The molecule has 1 aliphatic carbocycles. The molecule has 84 heavy (non-hydrogen) atoms. The molecule has 6 bridgehead atoms. The van der Waals surface area contributed by atoms with Gasteiger partial charge < -0.3 is 49.2 Å². The van der Waals surface area contributed by atoms with E-state index in [0.29, 0.717) is 61.8 Å². The van der Waals surface area contributed by atoms with Crippen LogP contribution in [0.15, 0.2) is 54.1 Å². The molecule has 8 rings (SSSR count). The number of anilines is 1. The number of likely N-dealkylation sites (N-methyl/N-ethyl adjacent to an activating group) is 1. The number of hydrogen-bond acceptors (Lipinski definition) is 17. The second kappa shape index (κ2) is 28.0. The van der Waals surface area contributed by atoms with E-state index in [2.05, 4.69) is 16.0 Å². The number of fused-ring (bicyclic) bond motifs is 6. The Hall–Kier alpha value is -6.66. The van der Waals surface area contributed by atoms with E-state index in [9.17, 15) is 53.1 Å². The molecular formula is C60H77ClN6O16S. The summed E-state index contributed by atoms with van der Waals surface area (Å²) in [5.74, 6) is -2.52. The fourth-order valence-corrected chi connectivity index (χ4v) is 13.1. The molecule has 4 fully saturated rings. The first-order valence-electron chi connectivity index (χ1n) is 28.2. The number of benzene rings is 2. The Morgan fingerprint density at radius 2 is 1.69 bits per heavy atom. The molecule has 456 valence electrons. The van der Waals surface area contributed by atoms with Gasteiger partial charge in [0.2, 0.25) is 35.4 Å². The number of esters is 1. The van der Waals surface area contributed by atoms with Gasteiger partial charge in [0.15, 0.2) is 18.3 Å². The van der Waals surface area contributed by atoms with Crippen molar-refractivity contribution < 1.29 is 76.7 Å². The van der Waals surface area contributed by atoms with Crippen LogP contribution < -0.4 is 25.6 Å². The predicted molar refractivity (Wildman–Crippen MR) is 310 cm³/mol. The molecule has 6 unspecified atom stereocenters. The Morgan fingerprint density at radius 3 is 2.37 bits per heavy atom. The van der Waals surface area contributed by atoms with Gasteiger partial charge in [-0.2, -0.15) is 0 Å². The zero-order valence-electron chi connectivity index (χ0n) is 48.8. The van der Waals surface area contributed by atoms with Crippen LogP contribution in [0.4, 0.5) is 10.5 Å². The van der Waals surface area contributed by atoms with Crippen molar-refractivity contribution in [2.24, 2.45) is 11.8 Å². The number of methoxy groups -OCH3 is 2. The monoisotopic (exact) mass is 1200 g/mol. The van der Waals surface area contributed by atoms with E-state index in [1.165, 1.54) is 45.0 Å². The van der Waals surface area contributed by atoms with Crippen molar-refractivity contribution >= 4 is 89.1 Å². The smallest absolute Gasteiger partial charge is 0.409 e. The van der Waals surface area contributed by atoms with Gasteiger partial charge in [-0.15, -0.1) is 11.8 Å². The van der Waals surface area contributed by atoms with E-state index in [1.807, 2.05) is 13.0 Å². The number of thioether (sulfide) groups is 1. The lowest BCUT2D eigenvalue weighted by Crippen LogP contribution is -2.72. The molecule has 6 aliphatic rings. The lowest BCUT2D eigenvalue weighted by Gasteiger charge is -2.59. The second-order valence-electron chi connectivity index (χ2n) is 22.9. The number of aliphatic hydroxyl groups is 1. The normalized spacial score (nSPS) is 28.5. The van der Waals surface area contributed by atoms with Crippen LogP contribution in [-0.2, 0) is 65.4 Å². The number of hydrogen-bond donors (Lipinski definition) is 4. The van der Waals surface area contributed by atoms with Gasteiger partial charge in [0.05, 0.1) is 24.5 Å². The van der Waals surface area contributed by atoms with E-state index in [1.54, 1.807) is 56.3 Å². The number of imide groups is 1. The number of alkyl carbamates (subject to hydrolysis) is 1. The van der Waals surface area contributed by atoms with Crippen molar-refractivity contribution in [1.29, 1.82) is 0 Å². The SMILES string of the molecule is COc1cc2cc(c1Cl)N(C)C(=O)C[C@H](OC(=O)[C@H](C)N(C)C(=O)CCSC1CC(=O)N(CCNC(=O)C3CCC(CNC(=O)CCc4ccc(C=O)c(C=O)c4)CC3)C1=O)C1(C)CC(C)(O1)C1CC(O)(NC(=O)O1)C(OC)/C=C/C=C(\C)C2. The van der Waals surface area contributed by atoms with Crippen molar-refractivity contribution in [2.75, 3.05) is 58.6 Å². The predicted octanol–water partition coefficient (Wildman–Crippen LogP) is 5.21. The molecule has 7 amide bonds. The van der Waals surface area contributed by atoms with Crippen LogP contribution >= 0.6 is 23.4 Å². The molecule has 2 aromatic carbocycles. The van der Waals surface area contributed by atoms with Crippen molar-refractivity contribution in [3.8, 4) is 5.75 Å². The minimum Gasteiger partial charge on any atom is -0.495 e. The molecular weight excluding hydrogens is 1130 g/mol. The summed E-state index contributed by atoms with van der Waals surface area (Å²) in [6.45, 7) is 7.25. The number of rotatable bonds is 20. The van der Waals surface area contributed by atoms with Gasteiger partial charge in [-0.3, -0.25) is 48.6 Å². The molecule has 8 atom stereocenters. The number of carbonyl (C=O) groups is 10. The van der Waals surface area contributed by atoms with Gasteiger partial charge in [0.1, 0.15) is 46.3 Å². The molecule has 5 aliphatic heterocycles. The number of allylic oxidation sites excluding steroid dienone is 3. The lowest BCUT2D eigenvalue weighted by molar-refractivity contribution is -0.328. The summed E-state index contributed by atoms with van der Waals surface area (Å²) in [6, 6.07) is 7.24. The Morgan fingerprint density at radius 1 is 0.976 bits per heavy atom. The second-order valence-corrected chi connectivity index (χ2v) is 24.6. The molecule has 3 saturated heterocycles. The fraction of sp³-hybridized carbons (Fsp3) is 0.567. The van der Waals surface area contributed by atoms with Crippen molar-refractivity contribution in [1.82, 2.24) is 25.8 Å². The molecule has 5 heterocycles. The first-order chi connectivity index (χ1) is 39.8. The average Bonchev–Trinajstić information content (AvgIpc) is 0.913. The number of nitrogens with zero attached hydrogens (tertiary/aromatic N) is 3. The minimum absolute atomic E-state index is 0.0122. The minimum atomic E-state index is -1.92. The summed E-state index contributed by atoms with van der Waals surface area (Å²) in [4.78, 5) is 133. The van der Waals surface area contributed by atoms with E-state index in [0.717, 1.165) is 46.2 Å². The molecule has 1 saturated carbocycles. The standard InChI is InChI=1S/C60H77ClN6O16S/c1-35-10-9-11-46(80-8)60(78)30-48(82-57(77)64-60)59(4)34-58(3,83-59)47(29-51(72)66(6)43-26-39(24-35)27-44(79-7)53(43)61)81-56(76)36(2)65(5)50(71)20-23-84-45-28-52(73)67(55(45)75)22-21-62-54(74)40-16-13-38(14-17-40)31-63-49(70)19-15-37-12-18-41(32-68)42(25-37)33-69/h9-12,18,25-27,32-33,36,38,40,45-48,78H,13-17,19-24,28-31,34H2,1-8H3,(H,62,74)(H,63,70)(H,64,77)/b11-9+,35-10+/t36-,38?,40?,45?,46?,47-,48?,58?,59?,60?/m0/s1. The van der Waals surface area contributed by atoms with Gasteiger partial charge >= 0.3 is 12.1 Å². The van der Waals surface area contributed by atoms with E-state index in [-0.39, 0.29) is 85.2 Å². The van der Waals surface area contributed by atoms with Crippen LogP contribution in [0, 0.1) is 11.8 Å². The van der Waals surface area contributed by atoms with Crippen LogP contribution in [0.25, 0.3) is 0 Å². The molecule has 0 spiro atoms.